The second kappa shape index (κ2) is 6.95. The van der Waals surface area contributed by atoms with E-state index in [-0.39, 0.29) is 16.7 Å². The number of carbonyl (C=O) groups is 1. The van der Waals surface area contributed by atoms with Gasteiger partial charge >= 0.3 is 5.97 Å². The van der Waals surface area contributed by atoms with Crippen molar-refractivity contribution >= 4 is 23.4 Å². The third-order valence-corrected chi connectivity index (χ3v) is 3.07. The van der Waals surface area contributed by atoms with E-state index < -0.39 is 5.97 Å². The summed E-state index contributed by atoms with van der Waals surface area (Å²) in [5, 5.41) is 12.1. The van der Waals surface area contributed by atoms with E-state index in [1.54, 1.807) is 26.4 Å². The first-order valence-corrected chi connectivity index (χ1v) is 6.63. The van der Waals surface area contributed by atoms with Crippen molar-refractivity contribution in [3.63, 3.8) is 0 Å². The Kier molecular flexibility index (Phi) is 5.00. The summed E-state index contributed by atoms with van der Waals surface area (Å²) in [6, 6.07) is 5.32. The van der Waals surface area contributed by atoms with Crippen LogP contribution in [0, 0.1) is 0 Å². The Morgan fingerprint density at radius 3 is 2.77 bits per heavy atom. The Hall–Kier alpha value is -2.54. The smallest absolute Gasteiger partial charge is 0.358 e. The molecule has 0 saturated heterocycles. The molecule has 0 atom stereocenters. The fourth-order valence-corrected chi connectivity index (χ4v) is 1.96. The van der Waals surface area contributed by atoms with Crippen LogP contribution in [0.3, 0.4) is 0 Å². The molecule has 8 heteroatoms. The van der Waals surface area contributed by atoms with Gasteiger partial charge in [-0.2, -0.15) is 0 Å². The van der Waals surface area contributed by atoms with Gasteiger partial charge in [0.2, 0.25) is 0 Å². The maximum absolute atomic E-state index is 11.1. The highest BCUT2D eigenvalue weighted by molar-refractivity contribution is 6.29. The first-order valence-electron chi connectivity index (χ1n) is 6.25. The van der Waals surface area contributed by atoms with Gasteiger partial charge in [0.15, 0.2) is 11.5 Å². The lowest BCUT2D eigenvalue weighted by molar-refractivity contribution is 0.0691. The van der Waals surface area contributed by atoms with Crippen molar-refractivity contribution in [2.45, 2.75) is 6.54 Å². The SMILES string of the molecule is COc1ccc(CNc2nc(Cl)cnc2C(=O)O)c(OC)c1. The number of aromatic carboxylic acids is 1. The van der Waals surface area contributed by atoms with Gasteiger partial charge in [-0.25, -0.2) is 14.8 Å². The van der Waals surface area contributed by atoms with Gasteiger partial charge in [-0.1, -0.05) is 11.6 Å². The third kappa shape index (κ3) is 3.56. The number of benzene rings is 1. The Labute approximate surface area is 131 Å². The molecule has 0 aliphatic rings. The summed E-state index contributed by atoms with van der Waals surface area (Å²) in [7, 11) is 3.10. The topological polar surface area (TPSA) is 93.6 Å². The monoisotopic (exact) mass is 323 g/mol. The Bertz CT molecular complexity index is 694. The Morgan fingerprint density at radius 2 is 2.14 bits per heavy atom. The van der Waals surface area contributed by atoms with Crippen molar-refractivity contribution in [3.8, 4) is 11.5 Å². The molecule has 0 aliphatic heterocycles. The van der Waals surface area contributed by atoms with Crippen molar-refractivity contribution in [1.29, 1.82) is 0 Å². The highest BCUT2D eigenvalue weighted by Crippen LogP contribution is 2.25. The minimum absolute atomic E-state index is 0.0953. The molecule has 0 bridgehead atoms. The molecule has 0 saturated carbocycles. The van der Waals surface area contributed by atoms with E-state index in [1.807, 2.05) is 6.07 Å². The number of methoxy groups -OCH3 is 2. The predicted octanol–water partition coefficient (Wildman–Crippen LogP) is 2.46. The van der Waals surface area contributed by atoms with Crippen molar-refractivity contribution in [2.24, 2.45) is 0 Å². The zero-order valence-electron chi connectivity index (χ0n) is 12.0. The van der Waals surface area contributed by atoms with Crippen molar-refractivity contribution < 1.29 is 19.4 Å². The standard InChI is InChI=1S/C14H14ClN3O4/c1-21-9-4-3-8(10(5-9)22-2)6-17-13-12(14(19)20)16-7-11(15)18-13/h3-5,7H,6H2,1-2H3,(H,17,18)(H,19,20). The molecule has 1 aromatic carbocycles. The largest absolute Gasteiger partial charge is 0.497 e. The molecule has 2 aromatic rings. The van der Waals surface area contributed by atoms with Crippen molar-refractivity contribution in [3.05, 3.63) is 40.8 Å². The number of carboxylic acids is 1. The quantitative estimate of drug-likeness (QED) is 0.843. The maximum Gasteiger partial charge on any atom is 0.358 e. The molecule has 0 aliphatic carbocycles. The highest BCUT2D eigenvalue weighted by Gasteiger charge is 2.14. The number of aromatic nitrogens is 2. The van der Waals surface area contributed by atoms with Gasteiger partial charge < -0.3 is 19.9 Å². The molecule has 1 aromatic heterocycles. The van der Waals surface area contributed by atoms with Crippen LogP contribution in [-0.4, -0.2) is 35.3 Å². The molecule has 0 spiro atoms. The summed E-state index contributed by atoms with van der Waals surface area (Å²) >= 11 is 5.75. The van der Waals surface area contributed by atoms with Gasteiger partial charge in [-0.15, -0.1) is 0 Å². The summed E-state index contributed by atoms with van der Waals surface area (Å²) in [5.41, 5.74) is 0.610. The molecular formula is C14H14ClN3O4. The van der Waals surface area contributed by atoms with Crippen LogP contribution in [0.2, 0.25) is 5.15 Å². The average molecular weight is 324 g/mol. The third-order valence-electron chi connectivity index (χ3n) is 2.89. The average Bonchev–Trinajstić information content (AvgIpc) is 2.52. The number of rotatable bonds is 6. The molecule has 0 fully saturated rings. The first-order chi connectivity index (χ1) is 10.5. The van der Waals surface area contributed by atoms with Crippen LogP contribution in [0.5, 0.6) is 11.5 Å². The van der Waals surface area contributed by atoms with Crippen LogP contribution >= 0.6 is 11.6 Å². The Balaban J connectivity index is 2.23. The number of ether oxygens (including phenoxy) is 2. The molecule has 0 unspecified atom stereocenters. The molecule has 2 N–H and O–H groups in total. The summed E-state index contributed by atoms with van der Waals surface area (Å²) in [6.45, 7) is 0.294. The molecular weight excluding hydrogens is 310 g/mol. The number of halogens is 1. The Morgan fingerprint density at radius 1 is 1.36 bits per heavy atom. The van der Waals surface area contributed by atoms with E-state index in [0.717, 1.165) is 5.56 Å². The zero-order chi connectivity index (χ0) is 16.1. The van der Waals surface area contributed by atoms with Gasteiger partial charge in [-0.05, 0) is 12.1 Å². The number of anilines is 1. The number of nitrogens with one attached hydrogen (secondary N) is 1. The van der Waals surface area contributed by atoms with Gasteiger partial charge in [0.25, 0.3) is 0 Å². The fraction of sp³-hybridized carbons (Fsp3) is 0.214. The molecule has 7 nitrogen and oxygen atoms in total. The lowest BCUT2D eigenvalue weighted by atomic mass is 10.2. The van der Waals surface area contributed by atoms with Crippen molar-refractivity contribution in [1.82, 2.24) is 9.97 Å². The maximum atomic E-state index is 11.1. The van der Waals surface area contributed by atoms with Crippen LogP contribution in [0.1, 0.15) is 16.1 Å². The molecule has 22 heavy (non-hydrogen) atoms. The second-order valence-electron chi connectivity index (χ2n) is 4.23. The molecule has 116 valence electrons. The first kappa shape index (κ1) is 15.8. The van der Waals surface area contributed by atoms with Gasteiger partial charge in [-0.3, -0.25) is 0 Å². The number of carboxylic acid groups (broad SMARTS) is 1. The highest BCUT2D eigenvalue weighted by atomic mass is 35.5. The van der Waals surface area contributed by atoms with Crippen LogP contribution < -0.4 is 14.8 Å². The van der Waals surface area contributed by atoms with Crippen molar-refractivity contribution in [2.75, 3.05) is 19.5 Å². The van der Waals surface area contributed by atoms with E-state index in [2.05, 4.69) is 15.3 Å². The number of hydrogen-bond donors (Lipinski definition) is 2. The summed E-state index contributed by atoms with van der Waals surface area (Å²) in [5.74, 6) is 0.180. The van der Waals surface area contributed by atoms with Crippen LogP contribution in [0.25, 0.3) is 0 Å². The summed E-state index contributed by atoms with van der Waals surface area (Å²) in [6.07, 6.45) is 1.18. The van der Waals surface area contributed by atoms with Gasteiger partial charge in [0.05, 0.1) is 20.4 Å². The van der Waals surface area contributed by atoms with Gasteiger partial charge in [0, 0.05) is 18.2 Å². The van der Waals surface area contributed by atoms with Gasteiger partial charge in [0.1, 0.15) is 16.7 Å². The van der Waals surface area contributed by atoms with E-state index >= 15 is 0 Å². The van der Waals surface area contributed by atoms with Crippen LogP contribution in [0.4, 0.5) is 5.82 Å². The second-order valence-corrected chi connectivity index (χ2v) is 4.61. The summed E-state index contributed by atoms with van der Waals surface area (Å²) < 4.78 is 10.4. The lowest BCUT2D eigenvalue weighted by Crippen LogP contribution is -2.11. The van der Waals surface area contributed by atoms with E-state index in [4.69, 9.17) is 26.2 Å². The zero-order valence-corrected chi connectivity index (χ0v) is 12.7. The molecule has 2 rings (SSSR count). The molecule has 0 radical (unpaired) electrons. The predicted molar refractivity (Wildman–Crippen MR) is 80.9 cm³/mol. The van der Waals surface area contributed by atoms with E-state index in [9.17, 15) is 4.79 Å². The number of nitrogens with zero attached hydrogens (tertiary/aromatic N) is 2. The minimum atomic E-state index is -1.19. The normalized spacial score (nSPS) is 10.1. The van der Waals surface area contributed by atoms with Crippen LogP contribution in [-0.2, 0) is 6.54 Å². The fourth-order valence-electron chi connectivity index (χ4n) is 1.82. The van der Waals surface area contributed by atoms with E-state index in [0.29, 0.717) is 18.0 Å². The molecule has 0 amide bonds. The lowest BCUT2D eigenvalue weighted by Gasteiger charge is -2.12. The van der Waals surface area contributed by atoms with E-state index in [1.165, 1.54) is 6.20 Å². The summed E-state index contributed by atoms with van der Waals surface area (Å²) in [4.78, 5) is 18.8. The van der Waals surface area contributed by atoms with Crippen LogP contribution in [0.15, 0.2) is 24.4 Å². The number of hydrogen-bond acceptors (Lipinski definition) is 6. The molecule has 1 heterocycles. The minimum Gasteiger partial charge on any atom is -0.497 e.